The Kier molecular flexibility index (Phi) is 12.3. The first-order valence-electron chi connectivity index (χ1n) is 8.77. The summed E-state index contributed by atoms with van der Waals surface area (Å²) in [5.74, 6) is 6.42. The number of rotatable bonds is 10. The van der Waals surface area contributed by atoms with Crippen molar-refractivity contribution in [2.24, 2.45) is 0 Å². The van der Waals surface area contributed by atoms with Crippen LogP contribution < -0.4 is 0 Å². The van der Waals surface area contributed by atoms with E-state index in [9.17, 15) is 0 Å². The number of hydrogen-bond acceptors (Lipinski definition) is 2. The zero-order chi connectivity index (χ0) is 15.0. The summed E-state index contributed by atoms with van der Waals surface area (Å²) >= 11 is 0. The minimum Gasteiger partial charge on any atom is -0.353 e. The van der Waals surface area contributed by atoms with Gasteiger partial charge in [-0.25, -0.2) is 0 Å². The average Bonchev–Trinajstić information content (AvgIpc) is 2.53. The molecule has 0 amide bonds. The van der Waals surface area contributed by atoms with Crippen LogP contribution in [-0.2, 0) is 9.47 Å². The second-order valence-corrected chi connectivity index (χ2v) is 5.63. The van der Waals surface area contributed by atoms with Crippen LogP contribution in [0.2, 0.25) is 0 Å². The Balaban J connectivity index is 1.84. The highest BCUT2D eigenvalue weighted by Crippen LogP contribution is 2.13. The highest BCUT2D eigenvalue weighted by Gasteiger charge is 2.12. The molecule has 2 nitrogen and oxygen atoms in total. The number of unbranched alkanes of at least 4 members (excludes halogenated alkanes) is 5. The molecule has 1 aliphatic rings. The van der Waals surface area contributed by atoms with Gasteiger partial charge in [0.1, 0.15) is 0 Å². The Morgan fingerprint density at radius 1 is 1.05 bits per heavy atom. The summed E-state index contributed by atoms with van der Waals surface area (Å²) in [6.07, 6.45) is 17.5. The molecule has 1 atom stereocenters. The molecular weight excluding hydrogens is 260 g/mol. The molecule has 0 bridgehead atoms. The fourth-order valence-corrected chi connectivity index (χ4v) is 2.32. The summed E-state index contributed by atoms with van der Waals surface area (Å²) < 4.78 is 11.1. The summed E-state index contributed by atoms with van der Waals surface area (Å²) in [6.45, 7) is 3.80. The van der Waals surface area contributed by atoms with E-state index < -0.39 is 0 Å². The molecular formula is C19H32O2. The van der Waals surface area contributed by atoms with E-state index in [0.717, 1.165) is 32.3 Å². The smallest absolute Gasteiger partial charge is 0.157 e. The van der Waals surface area contributed by atoms with E-state index in [1.54, 1.807) is 0 Å². The van der Waals surface area contributed by atoms with Gasteiger partial charge in [0.2, 0.25) is 0 Å². The molecule has 2 heteroatoms. The van der Waals surface area contributed by atoms with Gasteiger partial charge in [-0.2, -0.15) is 0 Å². The van der Waals surface area contributed by atoms with E-state index in [1.165, 1.54) is 44.9 Å². The summed E-state index contributed by atoms with van der Waals surface area (Å²) in [7, 11) is 0. The predicted molar refractivity (Wildman–Crippen MR) is 89.1 cm³/mol. The minimum absolute atomic E-state index is 0.0263. The zero-order valence-corrected chi connectivity index (χ0v) is 13.7. The summed E-state index contributed by atoms with van der Waals surface area (Å²) in [4.78, 5) is 0. The molecule has 1 rings (SSSR count). The Bertz CT molecular complexity index is 305. The van der Waals surface area contributed by atoms with E-state index in [4.69, 9.17) is 9.47 Å². The third-order valence-electron chi connectivity index (χ3n) is 3.61. The highest BCUT2D eigenvalue weighted by atomic mass is 16.7. The first-order chi connectivity index (χ1) is 10.4. The lowest BCUT2D eigenvalue weighted by Crippen LogP contribution is -2.22. The zero-order valence-electron chi connectivity index (χ0n) is 13.7. The SMILES string of the molecule is CCCCCC=CCCCC#CCCOC1CCCCO1. The van der Waals surface area contributed by atoms with Crippen LogP contribution in [0.25, 0.3) is 0 Å². The van der Waals surface area contributed by atoms with Gasteiger partial charge in [0.05, 0.1) is 6.61 Å². The maximum Gasteiger partial charge on any atom is 0.157 e. The molecule has 1 fully saturated rings. The van der Waals surface area contributed by atoms with Crippen molar-refractivity contribution in [3.05, 3.63) is 12.2 Å². The van der Waals surface area contributed by atoms with Gasteiger partial charge in [0, 0.05) is 19.4 Å². The van der Waals surface area contributed by atoms with E-state index in [0.29, 0.717) is 6.61 Å². The van der Waals surface area contributed by atoms with Crippen molar-refractivity contribution in [2.45, 2.75) is 83.8 Å². The largest absolute Gasteiger partial charge is 0.353 e. The standard InChI is InChI=1S/C19H32O2/c1-2-3-4-5-6-7-8-9-10-11-12-14-17-20-19-16-13-15-18-21-19/h6-7,19H,2-5,8-10,13-18H2,1H3. The normalized spacial score (nSPS) is 18.6. The monoisotopic (exact) mass is 292 g/mol. The van der Waals surface area contributed by atoms with Gasteiger partial charge in [-0.3, -0.25) is 0 Å². The number of allylic oxidation sites excluding steroid dienone is 2. The third-order valence-corrected chi connectivity index (χ3v) is 3.61. The van der Waals surface area contributed by atoms with Gasteiger partial charge in [-0.05, 0) is 44.9 Å². The Labute approximate surface area is 131 Å². The van der Waals surface area contributed by atoms with Crippen molar-refractivity contribution < 1.29 is 9.47 Å². The van der Waals surface area contributed by atoms with Crippen LogP contribution in [0, 0.1) is 11.8 Å². The molecule has 0 aromatic rings. The fourth-order valence-electron chi connectivity index (χ4n) is 2.32. The highest BCUT2D eigenvalue weighted by molar-refractivity contribution is 4.99. The second kappa shape index (κ2) is 14.2. The molecule has 1 heterocycles. The van der Waals surface area contributed by atoms with Gasteiger partial charge in [-0.1, -0.05) is 31.9 Å². The van der Waals surface area contributed by atoms with Crippen molar-refractivity contribution >= 4 is 0 Å². The van der Waals surface area contributed by atoms with Crippen LogP contribution in [0.5, 0.6) is 0 Å². The van der Waals surface area contributed by atoms with Crippen LogP contribution in [0.3, 0.4) is 0 Å². The van der Waals surface area contributed by atoms with Crippen molar-refractivity contribution in [1.29, 1.82) is 0 Å². The Morgan fingerprint density at radius 2 is 1.86 bits per heavy atom. The Hall–Kier alpha value is -0.780. The van der Waals surface area contributed by atoms with E-state index in [-0.39, 0.29) is 6.29 Å². The molecule has 0 aromatic carbocycles. The molecule has 0 radical (unpaired) electrons. The molecule has 0 spiro atoms. The van der Waals surface area contributed by atoms with Gasteiger partial charge >= 0.3 is 0 Å². The molecule has 1 saturated heterocycles. The first-order valence-corrected chi connectivity index (χ1v) is 8.77. The van der Waals surface area contributed by atoms with Crippen LogP contribution >= 0.6 is 0 Å². The lowest BCUT2D eigenvalue weighted by Gasteiger charge is -2.22. The van der Waals surface area contributed by atoms with Crippen molar-refractivity contribution in [3.8, 4) is 11.8 Å². The molecule has 1 aliphatic heterocycles. The Morgan fingerprint density at radius 3 is 2.62 bits per heavy atom. The predicted octanol–water partition coefficient (Wildman–Crippen LogP) is 5.23. The van der Waals surface area contributed by atoms with E-state index >= 15 is 0 Å². The van der Waals surface area contributed by atoms with Crippen molar-refractivity contribution in [1.82, 2.24) is 0 Å². The molecule has 21 heavy (non-hydrogen) atoms. The maximum atomic E-state index is 5.64. The molecule has 0 saturated carbocycles. The third kappa shape index (κ3) is 11.5. The lowest BCUT2D eigenvalue weighted by atomic mass is 10.1. The minimum atomic E-state index is 0.0263. The average molecular weight is 292 g/mol. The van der Waals surface area contributed by atoms with Crippen LogP contribution in [0.4, 0.5) is 0 Å². The maximum absolute atomic E-state index is 5.64. The molecule has 1 unspecified atom stereocenters. The van der Waals surface area contributed by atoms with E-state index in [2.05, 4.69) is 30.9 Å². The second-order valence-electron chi connectivity index (χ2n) is 5.63. The van der Waals surface area contributed by atoms with Gasteiger partial charge in [0.25, 0.3) is 0 Å². The molecule has 0 aliphatic carbocycles. The van der Waals surface area contributed by atoms with Crippen LogP contribution in [0.1, 0.15) is 77.6 Å². The van der Waals surface area contributed by atoms with Gasteiger partial charge in [0.15, 0.2) is 6.29 Å². The number of ether oxygens (including phenoxy) is 2. The summed E-state index contributed by atoms with van der Waals surface area (Å²) in [5.41, 5.74) is 0. The first kappa shape index (κ1) is 18.3. The fraction of sp³-hybridized carbons (Fsp3) is 0.789. The quantitative estimate of drug-likeness (QED) is 0.312. The van der Waals surface area contributed by atoms with Crippen molar-refractivity contribution in [3.63, 3.8) is 0 Å². The van der Waals surface area contributed by atoms with Crippen LogP contribution in [0.15, 0.2) is 12.2 Å². The lowest BCUT2D eigenvalue weighted by molar-refractivity contribution is -0.161. The summed E-state index contributed by atoms with van der Waals surface area (Å²) in [5, 5.41) is 0. The summed E-state index contributed by atoms with van der Waals surface area (Å²) in [6, 6.07) is 0. The van der Waals surface area contributed by atoms with Crippen LogP contribution in [-0.4, -0.2) is 19.5 Å². The molecule has 0 N–H and O–H groups in total. The van der Waals surface area contributed by atoms with Gasteiger partial charge in [-0.15, -0.1) is 11.8 Å². The molecule has 120 valence electrons. The van der Waals surface area contributed by atoms with Gasteiger partial charge < -0.3 is 9.47 Å². The topological polar surface area (TPSA) is 18.5 Å². The number of hydrogen-bond donors (Lipinski definition) is 0. The van der Waals surface area contributed by atoms with Crippen molar-refractivity contribution in [2.75, 3.05) is 13.2 Å². The van der Waals surface area contributed by atoms with E-state index in [1.807, 2.05) is 0 Å². The molecule has 0 aromatic heterocycles.